The van der Waals surface area contributed by atoms with E-state index in [-0.39, 0.29) is 11.7 Å². The van der Waals surface area contributed by atoms with Crippen LogP contribution in [0.3, 0.4) is 0 Å². The quantitative estimate of drug-likeness (QED) is 0.806. The summed E-state index contributed by atoms with van der Waals surface area (Å²) in [6.45, 7) is 0. The molecule has 2 aromatic rings. The van der Waals surface area contributed by atoms with Gasteiger partial charge < -0.3 is 14.4 Å². The molecule has 0 bridgehead atoms. The molecule has 0 aliphatic rings. The number of phenols is 1. The molecule has 0 radical (unpaired) electrons. The lowest BCUT2D eigenvalue weighted by atomic mass is 10.1. The van der Waals surface area contributed by atoms with Gasteiger partial charge in [-0.05, 0) is 42.0 Å². The van der Waals surface area contributed by atoms with Crippen molar-refractivity contribution in [3.05, 3.63) is 42.1 Å². The number of hydrogen-bond donors (Lipinski definition) is 1. The fourth-order valence-corrected chi connectivity index (χ4v) is 1.74. The molecule has 2 rings (SSSR count). The number of carbonyl (C=O) groups is 1. The zero-order valence-electron chi connectivity index (χ0n) is 9.68. The highest BCUT2D eigenvalue weighted by Gasteiger charge is 2.13. The number of nitrogens with zero attached hydrogens (tertiary/aromatic N) is 1. The zero-order valence-corrected chi connectivity index (χ0v) is 9.68. The van der Waals surface area contributed by atoms with E-state index in [1.807, 2.05) is 6.07 Å². The molecule has 1 heterocycles. The van der Waals surface area contributed by atoms with Crippen molar-refractivity contribution in [3.8, 4) is 17.0 Å². The van der Waals surface area contributed by atoms with Crippen LogP contribution in [0.4, 0.5) is 0 Å². The lowest BCUT2D eigenvalue weighted by Crippen LogP contribution is -2.07. The summed E-state index contributed by atoms with van der Waals surface area (Å²) in [5.74, 6) is -0.145. The summed E-state index contributed by atoms with van der Waals surface area (Å²) in [5.41, 5.74) is 2.32. The highest BCUT2D eigenvalue weighted by atomic mass is 16.5. The third-order valence-corrected chi connectivity index (χ3v) is 2.68. The van der Waals surface area contributed by atoms with Crippen molar-refractivity contribution >= 4 is 5.97 Å². The number of carbonyl (C=O) groups excluding carboxylic acids is 1. The van der Waals surface area contributed by atoms with Gasteiger partial charge in [-0.15, -0.1) is 0 Å². The molecule has 88 valence electrons. The van der Waals surface area contributed by atoms with E-state index in [0.29, 0.717) is 5.69 Å². The predicted molar refractivity (Wildman–Crippen MR) is 63.9 cm³/mol. The highest BCUT2D eigenvalue weighted by molar-refractivity contribution is 5.89. The minimum Gasteiger partial charge on any atom is -0.508 e. The average molecular weight is 231 g/mol. The first-order chi connectivity index (χ1) is 8.13. The van der Waals surface area contributed by atoms with E-state index in [0.717, 1.165) is 11.3 Å². The maximum absolute atomic E-state index is 11.4. The molecule has 0 fully saturated rings. The Bertz CT molecular complexity index is 540. The Balaban J connectivity index is 2.44. The van der Waals surface area contributed by atoms with Gasteiger partial charge in [-0.3, -0.25) is 0 Å². The normalized spacial score (nSPS) is 10.2. The largest absolute Gasteiger partial charge is 0.508 e. The first-order valence-electron chi connectivity index (χ1n) is 5.17. The number of hydrogen-bond acceptors (Lipinski definition) is 3. The van der Waals surface area contributed by atoms with Crippen molar-refractivity contribution in [1.82, 2.24) is 4.57 Å². The summed E-state index contributed by atoms with van der Waals surface area (Å²) in [5, 5.41) is 9.22. The van der Waals surface area contributed by atoms with Crippen molar-refractivity contribution in [2.75, 3.05) is 7.11 Å². The number of esters is 1. The van der Waals surface area contributed by atoms with Gasteiger partial charge in [-0.2, -0.15) is 0 Å². The molecule has 1 aromatic heterocycles. The molecule has 4 heteroatoms. The Morgan fingerprint density at radius 3 is 2.41 bits per heavy atom. The van der Waals surface area contributed by atoms with E-state index >= 15 is 0 Å². The van der Waals surface area contributed by atoms with Crippen LogP contribution in [0, 0.1) is 0 Å². The van der Waals surface area contributed by atoms with Gasteiger partial charge in [0.15, 0.2) is 0 Å². The summed E-state index contributed by atoms with van der Waals surface area (Å²) in [7, 11) is 3.16. The number of phenolic OH excluding ortho intramolecular Hbond substituents is 1. The Morgan fingerprint density at radius 2 is 1.82 bits per heavy atom. The molecule has 0 unspecified atom stereocenters. The minimum absolute atomic E-state index is 0.219. The van der Waals surface area contributed by atoms with Gasteiger partial charge in [-0.1, -0.05) is 0 Å². The SMILES string of the molecule is COC(=O)c1ccc(-c2ccc(O)cc2)n1C. The molecular formula is C13H13NO3. The van der Waals surface area contributed by atoms with Crippen molar-refractivity contribution in [1.29, 1.82) is 0 Å². The van der Waals surface area contributed by atoms with E-state index < -0.39 is 0 Å². The van der Waals surface area contributed by atoms with Crippen LogP contribution >= 0.6 is 0 Å². The second-order valence-electron chi connectivity index (χ2n) is 3.70. The Kier molecular flexibility index (Phi) is 2.87. The molecule has 0 saturated carbocycles. The monoisotopic (exact) mass is 231 g/mol. The number of aromatic hydroxyl groups is 1. The summed E-state index contributed by atoms with van der Waals surface area (Å²) in [6, 6.07) is 10.4. The number of methoxy groups -OCH3 is 1. The molecule has 1 aromatic carbocycles. The van der Waals surface area contributed by atoms with Crippen LogP contribution in [-0.4, -0.2) is 22.8 Å². The van der Waals surface area contributed by atoms with Crippen LogP contribution in [0.1, 0.15) is 10.5 Å². The van der Waals surface area contributed by atoms with Gasteiger partial charge >= 0.3 is 5.97 Å². The average Bonchev–Trinajstić information content (AvgIpc) is 2.71. The molecule has 0 aliphatic carbocycles. The Morgan fingerprint density at radius 1 is 1.18 bits per heavy atom. The van der Waals surface area contributed by atoms with Gasteiger partial charge in [0.05, 0.1) is 7.11 Å². The van der Waals surface area contributed by atoms with Gasteiger partial charge in [-0.25, -0.2) is 4.79 Å². The first kappa shape index (κ1) is 11.3. The summed E-state index contributed by atoms with van der Waals surface area (Å²) in [4.78, 5) is 11.4. The van der Waals surface area contributed by atoms with Crippen LogP contribution < -0.4 is 0 Å². The van der Waals surface area contributed by atoms with Crippen LogP contribution in [-0.2, 0) is 11.8 Å². The van der Waals surface area contributed by atoms with Crippen molar-refractivity contribution < 1.29 is 14.6 Å². The number of aromatic nitrogens is 1. The Hall–Kier alpha value is -2.23. The molecule has 0 amide bonds. The number of rotatable bonds is 2. The maximum atomic E-state index is 11.4. The van der Waals surface area contributed by atoms with Crippen LogP contribution in [0.2, 0.25) is 0 Å². The standard InChI is InChI=1S/C13H13NO3/c1-14-11(7-8-12(14)13(16)17-2)9-3-5-10(15)6-4-9/h3-8,15H,1-2H3. The van der Waals surface area contributed by atoms with Crippen molar-refractivity contribution in [3.63, 3.8) is 0 Å². The second kappa shape index (κ2) is 4.33. The predicted octanol–water partition coefficient (Wildman–Crippen LogP) is 2.18. The zero-order chi connectivity index (χ0) is 12.4. The summed E-state index contributed by atoms with van der Waals surface area (Å²) >= 11 is 0. The van der Waals surface area contributed by atoms with Gasteiger partial charge in [0.25, 0.3) is 0 Å². The van der Waals surface area contributed by atoms with E-state index in [2.05, 4.69) is 4.74 Å². The molecule has 0 atom stereocenters. The lowest BCUT2D eigenvalue weighted by Gasteiger charge is -2.06. The minimum atomic E-state index is -0.363. The molecule has 0 spiro atoms. The number of benzene rings is 1. The first-order valence-corrected chi connectivity index (χ1v) is 5.17. The molecule has 0 saturated heterocycles. The summed E-state index contributed by atoms with van der Waals surface area (Å²) in [6.07, 6.45) is 0. The molecule has 0 aliphatic heterocycles. The van der Waals surface area contributed by atoms with Crippen molar-refractivity contribution in [2.24, 2.45) is 7.05 Å². The van der Waals surface area contributed by atoms with Crippen LogP contribution in [0.15, 0.2) is 36.4 Å². The van der Waals surface area contributed by atoms with Crippen LogP contribution in [0.5, 0.6) is 5.75 Å². The van der Waals surface area contributed by atoms with Gasteiger partial charge in [0, 0.05) is 12.7 Å². The third kappa shape index (κ3) is 2.01. The fraction of sp³-hybridized carbons (Fsp3) is 0.154. The second-order valence-corrected chi connectivity index (χ2v) is 3.70. The van der Waals surface area contributed by atoms with E-state index in [1.54, 1.807) is 41.9 Å². The fourth-order valence-electron chi connectivity index (χ4n) is 1.74. The van der Waals surface area contributed by atoms with Crippen molar-refractivity contribution in [2.45, 2.75) is 0 Å². The third-order valence-electron chi connectivity index (χ3n) is 2.68. The maximum Gasteiger partial charge on any atom is 0.354 e. The smallest absolute Gasteiger partial charge is 0.354 e. The van der Waals surface area contributed by atoms with E-state index in [1.165, 1.54) is 7.11 Å². The molecule has 1 N–H and O–H groups in total. The topological polar surface area (TPSA) is 51.5 Å². The summed E-state index contributed by atoms with van der Waals surface area (Å²) < 4.78 is 6.45. The molecule has 4 nitrogen and oxygen atoms in total. The van der Waals surface area contributed by atoms with Gasteiger partial charge in [0.1, 0.15) is 11.4 Å². The highest BCUT2D eigenvalue weighted by Crippen LogP contribution is 2.23. The Labute approximate surface area is 99.1 Å². The van der Waals surface area contributed by atoms with E-state index in [4.69, 9.17) is 0 Å². The lowest BCUT2D eigenvalue weighted by molar-refractivity contribution is 0.0590. The molecule has 17 heavy (non-hydrogen) atoms. The molecular weight excluding hydrogens is 218 g/mol. The van der Waals surface area contributed by atoms with E-state index in [9.17, 15) is 9.90 Å². The van der Waals surface area contributed by atoms with Crippen LogP contribution in [0.25, 0.3) is 11.3 Å². The number of ether oxygens (including phenoxy) is 1. The van der Waals surface area contributed by atoms with Gasteiger partial charge in [0.2, 0.25) is 0 Å².